The minimum absolute atomic E-state index is 0.452. The highest BCUT2D eigenvalue weighted by Gasteiger charge is 2.47. The first-order chi connectivity index (χ1) is 9.81. The molecule has 1 saturated heterocycles. The van der Waals surface area contributed by atoms with Crippen molar-refractivity contribution in [2.24, 2.45) is 0 Å². The molecular weight excluding hydrogens is 242 g/mol. The summed E-state index contributed by atoms with van der Waals surface area (Å²) in [5, 5.41) is 0. The van der Waals surface area contributed by atoms with Crippen molar-refractivity contribution in [3.63, 3.8) is 0 Å². The highest BCUT2D eigenvalue weighted by molar-refractivity contribution is 5.27. The fourth-order valence-electron chi connectivity index (χ4n) is 3.13. The number of hydrogen-bond acceptors (Lipinski definition) is 1. The van der Waals surface area contributed by atoms with Crippen LogP contribution in [0.3, 0.4) is 0 Å². The van der Waals surface area contributed by atoms with Gasteiger partial charge in [-0.2, -0.15) is 0 Å². The predicted octanol–water partition coefficient (Wildman–Crippen LogP) is 4.23. The van der Waals surface area contributed by atoms with E-state index in [1.165, 1.54) is 11.1 Å². The quantitative estimate of drug-likeness (QED) is 0.576. The highest BCUT2D eigenvalue weighted by Crippen LogP contribution is 2.40. The molecule has 0 saturated carbocycles. The number of benzene rings is 2. The van der Waals surface area contributed by atoms with Crippen molar-refractivity contribution >= 4 is 0 Å². The summed E-state index contributed by atoms with van der Waals surface area (Å²) in [4.78, 5) is 2.55. The molecule has 0 aromatic heterocycles. The summed E-state index contributed by atoms with van der Waals surface area (Å²) in [6.45, 7) is 6.29. The van der Waals surface area contributed by atoms with E-state index in [1.54, 1.807) is 0 Å². The third-order valence-corrected chi connectivity index (χ3v) is 4.29. The van der Waals surface area contributed by atoms with Crippen molar-refractivity contribution in [1.82, 2.24) is 4.90 Å². The van der Waals surface area contributed by atoms with Crippen LogP contribution in [0.1, 0.15) is 24.1 Å². The summed E-state index contributed by atoms with van der Waals surface area (Å²) in [6, 6.07) is 23.0. The van der Waals surface area contributed by atoms with E-state index in [0.29, 0.717) is 18.1 Å². The zero-order valence-corrected chi connectivity index (χ0v) is 11.9. The van der Waals surface area contributed by atoms with Crippen LogP contribution in [0.4, 0.5) is 0 Å². The molecule has 1 aliphatic rings. The van der Waals surface area contributed by atoms with E-state index >= 15 is 0 Å². The van der Waals surface area contributed by atoms with Crippen LogP contribution in [0.25, 0.3) is 0 Å². The predicted molar refractivity (Wildman–Crippen MR) is 84.6 cm³/mol. The molecule has 1 heteroatoms. The van der Waals surface area contributed by atoms with E-state index in [0.717, 1.165) is 6.42 Å². The summed E-state index contributed by atoms with van der Waals surface area (Å²) in [5.74, 6) is 0. The van der Waals surface area contributed by atoms with Gasteiger partial charge in [0.25, 0.3) is 0 Å². The smallest absolute Gasteiger partial charge is 0.0445 e. The molecule has 3 rings (SSSR count). The Morgan fingerprint density at radius 2 is 1.65 bits per heavy atom. The second-order valence-corrected chi connectivity index (χ2v) is 5.52. The van der Waals surface area contributed by atoms with Crippen molar-refractivity contribution < 1.29 is 0 Å². The van der Waals surface area contributed by atoms with Gasteiger partial charge >= 0.3 is 0 Å². The molecule has 1 nitrogen and oxygen atoms in total. The van der Waals surface area contributed by atoms with Gasteiger partial charge in [-0.15, -0.1) is 6.58 Å². The van der Waals surface area contributed by atoms with Gasteiger partial charge < -0.3 is 0 Å². The lowest BCUT2D eigenvalue weighted by Gasteiger charge is -2.15. The molecule has 0 spiro atoms. The van der Waals surface area contributed by atoms with Gasteiger partial charge in [0.15, 0.2) is 0 Å². The van der Waals surface area contributed by atoms with Gasteiger partial charge in [-0.05, 0) is 24.5 Å². The Kier molecular flexibility index (Phi) is 3.70. The lowest BCUT2D eigenvalue weighted by atomic mass is 10.1. The summed E-state index contributed by atoms with van der Waals surface area (Å²) < 4.78 is 0. The van der Waals surface area contributed by atoms with Crippen LogP contribution >= 0.6 is 0 Å². The maximum Gasteiger partial charge on any atom is 0.0445 e. The van der Waals surface area contributed by atoms with Crippen molar-refractivity contribution in [2.75, 3.05) is 0 Å². The van der Waals surface area contributed by atoms with Gasteiger partial charge in [-0.25, -0.2) is 0 Å². The van der Waals surface area contributed by atoms with Gasteiger partial charge in [-0.3, -0.25) is 4.90 Å². The minimum atomic E-state index is 0.452. The van der Waals surface area contributed by atoms with Crippen molar-refractivity contribution in [3.8, 4) is 0 Å². The van der Waals surface area contributed by atoms with Crippen LogP contribution in [-0.2, 0) is 6.42 Å². The van der Waals surface area contributed by atoms with Crippen molar-refractivity contribution in [1.29, 1.82) is 0 Å². The molecular formula is C19H21N. The molecule has 0 aliphatic carbocycles. The summed E-state index contributed by atoms with van der Waals surface area (Å²) >= 11 is 0. The van der Waals surface area contributed by atoms with Crippen LogP contribution in [-0.4, -0.2) is 17.0 Å². The van der Waals surface area contributed by atoms with Crippen LogP contribution in [0.2, 0.25) is 0 Å². The fourth-order valence-corrected chi connectivity index (χ4v) is 3.13. The maximum absolute atomic E-state index is 4.00. The second kappa shape index (κ2) is 5.64. The molecule has 20 heavy (non-hydrogen) atoms. The van der Waals surface area contributed by atoms with Crippen molar-refractivity contribution in [3.05, 3.63) is 84.4 Å². The first kappa shape index (κ1) is 13.1. The third kappa shape index (κ3) is 2.54. The fraction of sp³-hybridized carbons (Fsp3) is 0.263. The van der Waals surface area contributed by atoms with Crippen LogP contribution in [0.5, 0.6) is 0 Å². The minimum Gasteiger partial charge on any atom is -0.283 e. The molecule has 1 fully saturated rings. The number of hydrogen-bond donors (Lipinski definition) is 0. The number of rotatable bonds is 5. The molecule has 1 heterocycles. The Balaban J connectivity index is 1.72. The SMILES string of the molecule is C=C[C@H]1[C@@H](Cc2ccccc2)N1[C@H](C)c1ccccc1. The monoisotopic (exact) mass is 263 g/mol. The van der Waals surface area contributed by atoms with Crippen LogP contribution in [0, 0.1) is 0 Å². The molecule has 0 radical (unpaired) electrons. The lowest BCUT2D eigenvalue weighted by molar-refractivity contribution is 0.392. The van der Waals surface area contributed by atoms with E-state index in [-0.39, 0.29) is 0 Å². The van der Waals surface area contributed by atoms with E-state index in [2.05, 4.69) is 85.1 Å². The average molecular weight is 263 g/mol. The first-order valence-electron chi connectivity index (χ1n) is 7.30. The zero-order valence-electron chi connectivity index (χ0n) is 11.9. The van der Waals surface area contributed by atoms with E-state index in [1.807, 2.05) is 0 Å². The Hall–Kier alpha value is -1.86. The van der Waals surface area contributed by atoms with Crippen molar-refractivity contribution in [2.45, 2.75) is 31.5 Å². The molecule has 102 valence electrons. The standard InChI is InChI=1S/C19H21N/c1-3-18-19(14-16-10-6-4-7-11-16)20(18)15(2)17-12-8-5-9-13-17/h3-13,15,18-19H,1,14H2,2H3/t15-,18+,19-,20?/m1/s1. The molecule has 4 atom stereocenters. The summed E-state index contributed by atoms with van der Waals surface area (Å²) in [5.41, 5.74) is 2.79. The van der Waals surface area contributed by atoms with Gasteiger partial charge in [-0.1, -0.05) is 66.7 Å². The van der Waals surface area contributed by atoms with Crippen LogP contribution in [0.15, 0.2) is 73.3 Å². The van der Waals surface area contributed by atoms with Gasteiger partial charge in [0.2, 0.25) is 0 Å². The number of nitrogens with zero attached hydrogens (tertiary/aromatic N) is 1. The van der Waals surface area contributed by atoms with E-state index in [9.17, 15) is 0 Å². The molecule has 0 bridgehead atoms. The van der Waals surface area contributed by atoms with E-state index in [4.69, 9.17) is 0 Å². The maximum atomic E-state index is 4.00. The Morgan fingerprint density at radius 1 is 1.05 bits per heavy atom. The summed E-state index contributed by atoms with van der Waals surface area (Å²) in [7, 11) is 0. The normalized spacial score (nSPS) is 25.9. The molecule has 0 N–H and O–H groups in total. The molecule has 0 amide bonds. The van der Waals surface area contributed by atoms with Gasteiger partial charge in [0.1, 0.15) is 0 Å². The van der Waals surface area contributed by atoms with E-state index < -0.39 is 0 Å². The highest BCUT2D eigenvalue weighted by atomic mass is 15.4. The lowest BCUT2D eigenvalue weighted by Crippen LogP contribution is -2.10. The molecule has 1 unspecified atom stereocenters. The second-order valence-electron chi connectivity index (χ2n) is 5.52. The molecule has 2 aromatic carbocycles. The average Bonchev–Trinajstić information content (AvgIpc) is 3.21. The first-order valence-corrected chi connectivity index (χ1v) is 7.30. The Morgan fingerprint density at radius 3 is 2.25 bits per heavy atom. The van der Waals surface area contributed by atoms with Gasteiger partial charge in [0.05, 0.1) is 0 Å². The molecule has 1 aliphatic heterocycles. The van der Waals surface area contributed by atoms with Gasteiger partial charge in [0, 0.05) is 18.1 Å². The largest absolute Gasteiger partial charge is 0.283 e. The third-order valence-electron chi connectivity index (χ3n) is 4.29. The Bertz CT molecular complexity index is 561. The Labute approximate surface area is 121 Å². The zero-order chi connectivity index (χ0) is 13.9. The topological polar surface area (TPSA) is 3.01 Å². The van der Waals surface area contributed by atoms with Crippen LogP contribution < -0.4 is 0 Å². The molecule has 2 aromatic rings. The summed E-state index contributed by atoms with van der Waals surface area (Å²) in [6.07, 6.45) is 3.20.